The predicted octanol–water partition coefficient (Wildman–Crippen LogP) is 1.42. The van der Waals surface area contributed by atoms with E-state index in [-0.39, 0.29) is 31.0 Å². The molecular weight excluding hydrogens is 304 g/mol. The van der Waals surface area contributed by atoms with Crippen LogP contribution in [0.4, 0.5) is 0 Å². The number of hydrogen-bond acceptors (Lipinski definition) is 4. The first-order valence-electron chi connectivity index (χ1n) is 7.56. The third-order valence-corrected chi connectivity index (χ3v) is 4.42. The Morgan fingerprint density at radius 3 is 2.45 bits per heavy atom. The van der Waals surface area contributed by atoms with Crippen LogP contribution in [0.5, 0.6) is 5.75 Å². The van der Waals surface area contributed by atoms with Crippen LogP contribution >= 0.6 is 12.4 Å². The topological polar surface area (TPSA) is 73.4 Å². The van der Waals surface area contributed by atoms with E-state index >= 15 is 0 Å². The summed E-state index contributed by atoms with van der Waals surface area (Å²) in [7, 11) is 1.87. The van der Waals surface area contributed by atoms with E-state index in [0.29, 0.717) is 5.92 Å². The van der Waals surface area contributed by atoms with Gasteiger partial charge in [0.1, 0.15) is 5.69 Å². The van der Waals surface area contributed by atoms with Crippen molar-refractivity contribution in [2.24, 2.45) is 18.7 Å². The highest BCUT2D eigenvalue weighted by Crippen LogP contribution is 2.22. The number of nitrogens with zero attached hydrogens (tertiary/aromatic N) is 3. The highest BCUT2D eigenvalue weighted by Gasteiger charge is 2.25. The second-order valence-corrected chi connectivity index (χ2v) is 5.99. The van der Waals surface area contributed by atoms with Crippen LogP contribution in [-0.2, 0) is 11.8 Å². The molecule has 1 saturated heterocycles. The maximum atomic E-state index is 12.2. The molecule has 0 bridgehead atoms. The normalized spacial score (nSPS) is 17.0. The number of nitrogens with two attached hydrogens (primary N) is 1. The fraction of sp³-hybridized carbons (Fsp3) is 0.733. The maximum absolute atomic E-state index is 12.2. The lowest BCUT2D eigenvalue weighted by Gasteiger charge is -2.33. The molecule has 0 radical (unpaired) electrons. The van der Waals surface area contributed by atoms with Gasteiger partial charge in [-0.2, -0.15) is 5.10 Å². The van der Waals surface area contributed by atoms with E-state index in [4.69, 9.17) is 10.5 Å². The second-order valence-electron chi connectivity index (χ2n) is 5.99. The third-order valence-electron chi connectivity index (χ3n) is 4.42. The summed E-state index contributed by atoms with van der Waals surface area (Å²) in [5.41, 5.74) is 7.68. The molecule has 2 rings (SSSR count). The van der Waals surface area contributed by atoms with Crippen molar-refractivity contribution in [3.63, 3.8) is 0 Å². The standard InChI is InChI=1S/C15H26N4O2.ClH/c1-10(16)13-5-7-19(8-6-13)14(20)9-21-15-11(2)17-18(4)12(15)3;/h10,13H,5-9,16H2,1-4H3;1H. The van der Waals surface area contributed by atoms with Gasteiger partial charge in [-0.15, -0.1) is 12.4 Å². The number of amides is 1. The Kier molecular flexibility index (Phi) is 6.68. The van der Waals surface area contributed by atoms with Crippen LogP contribution in [0.2, 0.25) is 0 Å². The molecular formula is C15H27ClN4O2. The van der Waals surface area contributed by atoms with E-state index < -0.39 is 0 Å². The molecule has 1 unspecified atom stereocenters. The zero-order valence-corrected chi connectivity index (χ0v) is 14.7. The quantitative estimate of drug-likeness (QED) is 0.906. The number of aryl methyl sites for hydroxylation is 2. The van der Waals surface area contributed by atoms with Gasteiger partial charge in [0.2, 0.25) is 0 Å². The lowest BCUT2D eigenvalue weighted by atomic mass is 9.91. The molecule has 1 aromatic heterocycles. The van der Waals surface area contributed by atoms with Crippen molar-refractivity contribution in [2.75, 3.05) is 19.7 Å². The average molecular weight is 331 g/mol. The number of hydrogen-bond donors (Lipinski definition) is 1. The van der Waals surface area contributed by atoms with E-state index in [1.54, 1.807) is 4.68 Å². The average Bonchev–Trinajstić information content (AvgIpc) is 2.70. The zero-order valence-electron chi connectivity index (χ0n) is 13.8. The molecule has 0 aromatic carbocycles. The number of likely N-dealkylation sites (tertiary alicyclic amines) is 1. The summed E-state index contributed by atoms with van der Waals surface area (Å²) in [4.78, 5) is 14.1. The lowest BCUT2D eigenvalue weighted by Crippen LogP contribution is -2.44. The van der Waals surface area contributed by atoms with Crippen molar-refractivity contribution < 1.29 is 9.53 Å². The van der Waals surface area contributed by atoms with Gasteiger partial charge < -0.3 is 15.4 Å². The van der Waals surface area contributed by atoms with Gasteiger partial charge in [-0.25, -0.2) is 0 Å². The molecule has 6 nitrogen and oxygen atoms in total. The number of carbonyl (C=O) groups is 1. The van der Waals surface area contributed by atoms with Gasteiger partial charge in [-0.1, -0.05) is 0 Å². The molecule has 1 aliphatic heterocycles. The molecule has 2 N–H and O–H groups in total. The van der Waals surface area contributed by atoms with E-state index in [1.807, 2.05) is 32.7 Å². The first-order valence-corrected chi connectivity index (χ1v) is 7.56. The van der Waals surface area contributed by atoms with Crippen molar-refractivity contribution >= 4 is 18.3 Å². The Morgan fingerprint density at radius 2 is 2.00 bits per heavy atom. The fourth-order valence-electron chi connectivity index (χ4n) is 2.86. The highest BCUT2D eigenvalue weighted by molar-refractivity contribution is 5.85. The molecule has 0 saturated carbocycles. The van der Waals surface area contributed by atoms with E-state index in [2.05, 4.69) is 5.10 Å². The van der Waals surface area contributed by atoms with E-state index in [0.717, 1.165) is 43.1 Å². The van der Waals surface area contributed by atoms with Crippen LogP contribution in [0.15, 0.2) is 0 Å². The number of piperidine rings is 1. The highest BCUT2D eigenvalue weighted by atomic mass is 35.5. The molecule has 0 aliphatic carbocycles. The van der Waals surface area contributed by atoms with Crippen LogP contribution in [0, 0.1) is 19.8 Å². The first kappa shape index (κ1) is 18.8. The lowest BCUT2D eigenvalue weighted by molar-refractivity contribution is -0.134. The molecule has 1 amide bonds. The zero-order chi connectivity index (χ0) is 15.6. The molecule has 22 heavy (non-hydrogen) atoms. The first-order chi connectivity index (χ1) is 9.90. The van der Waals surface area contributed by atoms with E-state index in [1.165, 1.54) is 0 Å². The molecule has 1 aliphatic rings. The van der Waals surface area contributed by atoms with Gasteiger partial charge >= 0.3 is 0 Å². The molecule has 1 atom stereocenters. The summed E-state index contributed by atoms with van der Waals surface area (Å²) >= 11 is 0. The van der Waals surface area contributed by atoms with Crippen LogP contribution in [-0.4, -0.2) is 46.3 Å². The van der Waals surface area contributed by atoms with Crippen LogP contribution in [0.3, 0.4) is 0 Å². The minimum atomic E-state index is 0. The van der Waals surface area contributed by atoms with E-state index in [9.17, 15) is 4.79 Å². The van der Waals surface area contributed by atoms with Crippen molar-refractivity contribution in [3.8, 4) is 5.75 Å². The molecule has 7 heteroatoms. The van der Waals surface area contributed by atoms with Crippen molar-refractivity contribution in [1.29, 1.82) is 0 Å². The minimum Gasteiger partial charge on any atom is -0.480 e. The van der Waals surface area contributed by atoms with Crippen molar-refractivity contribution in [2.45, 2.75) is 39.7 Å². The third kappa shape index (κ3) is 4.14. The van der Waals surface area contributed by atoms with Gasteiger partial charge in [-0.3, -0.25) is 9.48 Å². The summed E-state index contributed by atoms with van der Waals surface area (Å²) < 4.78 is 7.45. The minimum absolute atomic E-state index is 0. The number of aromatic nitrogens is 2. The summed E-state index contributed by atoms with van der Waals surface area (Å²) in [6, 6.07) is 0.208. The van der Waals surface area contributed by atoms with Gasteiger partial charge in [0, 0.05) is 26.2 Å². The summed E-state index contributed by atoms with van der Waals surface area (Å²) in [5.74, 6) is 1.29. The summed E-state index contributed by atoms with van der Waals surface area (Å²) in [6.07, 6.45) is 1.96. The number of ether oxygens (including phenoxy) is 1. The Bertz CT molecular complexity index is 508. The Morgan fingerprint density at radius 1 is 1.41 bits per heavy atom. The largest absolute Gasteiger partial charge is 0.480 e. The second kappa shape index (κ2) is 7.83. The predicted molar refractivity (Wildman–Crippen MR) is 88.4 cm³/mol. The monoisotopic (exact) mass is 330 g/mol. The van der Waals surface area contributed by atoms with Gasteiger partial charge in [0.25, 0.3) is 5.91 Å². The van der Waals surface area contributed by atoms with Gasteiger partial charge in [0.15, 0.2) is 12.4 Å². The molecule has 1 fully saturated rings. The molecule has 1 aromatic rings. The molecule has 0 spiro atoms. The molecule has 126 valence electrons. The van der Waals surface area contributed by atoms with Crippen LogP contribution < -0.4 is 10.5 Å². The Balaban J connectivity index is 0.00000242. The smallest absolute Gasteiger partial charge is 0.260 e. The van der Waals surface area contributed by atoms with Gasteiger partial charge in [0.05, 0.1) is 5.69 Å². The van der Waals surface area contributed by atoms with Crippen LogP contribution in [0.25, 0.3) is 0 Å². The van der Waals surface area contributed by atoms with Gasteiger partial charge in [-0.05, 0) is 39.5 Å². The maximum Gasteiger partial charge on any atom is 0.260 e. The number of carbonyl (C=O) groups excluding carboxylic acids is 1. The van der Waals surface area contributed by atoms with Crippen LogP contribution in [0.1, 0.15) is 31.2 Å². The SMILES string of the molecule is Cc1nn(C)c(C)c1OCC(=O)N1CCC(C(C)N)CC1.Cl. The number of halogens is 1. The summed E-state index contributed by atoms with van der Waals surface area (Å²) in [6.45, 7) is 7.50. The van der Waals surface area contributed by atoms with Crippen molar-refractivity contribution in [1.82, 2.24) is 14.7 Å². The van der Waals surface area contributed by atoms with Crippen molar-refractivity contribution in [3.05, 3.63) is 11.4 Å². The number of rotatable bonds is 4. The Labute approximate surface area is 138 Å². The Hall–Kier alpha value is -1.27. The summed E-state index contributed by atoms with van der Waals surface area (Å²) in [5, 5.41) is 4.28. The fourth-order valence-corrected chi connectivity index (χ4v) is 2.86. The molecule has 2 heterocycles.